The Bertz CT molecular complexity index is 648. The fourth-order valence-corrected chi connectivity index (χ4v) is 2.79. The van der Waals surface area contributed by atoms with E-state index in [4.69, 9.17) is 9.57 Å². The van der Waals surface area contributed by atoms with Crippen LogP contribution in [0.5, 0.6) is 0 Å². The molecule has 2 aromatic rings. The molecule has 1 aliphatic rings. The molecular formula is C19H22N2O3. The summed E-state index contributed by atoms with van der Waals surface area (Å²) in [6.45, 7) is 3.47. The van der Waals surface area contributed by atoms with Crippen molar-refractivity contribution in [3.63, 3.8) is 0 Å². The molecule has 0 aliphatic carbocycles. The number of benzene rings is 2. The summed E-state index contributed by atoms with van der Waals surface area (Å²) in [6.07, 6.45) is -0.216. The van der Waals surface area contributed by atoms with Crippen molar-refractivity contribution >= 4 is 6.03 Å². The number of ether oxygens (including phenoxy) is 1. The van der Waals surface area contributed by atoms with E-state index in [0.717, 1.165) is 11.1 Å². The van der Waals surface area contributed by atoms with Gasteiger partial charge in [-0.1, -0.05) is 60.7 Å². The molecule has 1 heterocycles. The second-order valence-corrected chi connectivity index (χ2v) is 5.77. The largest absolute Gasteiger partial charge is 0.377 e. The average Bonchev–Trinajstić information content (AvgIpc) is 2.67. The van der Waals surface area contributed by atoms with Crippen molar-refractivity contribution in [2.24, 2.45) is 0 Å². The number of hydrogen-bond donors (Lipinski definition) is 1. The van der Waals surface area contributed by atoms with Crippen molar-refractivity contribution < 1.29 is 14.4 Å². The molecule has 1 saturated heterocycles. The second kappa shape index (κ2) is 7.95. The van der Waals surface area contributed by atoms with Crippen LogP contribution in [-0.2, 0) is 9.57 Å². The SMILES string of the molecule is C[C@@H](ONC(=O)N1CCOCC1c1ccccc1)c1ccccc1. The van der Waals surface area contributed by atoms with Gasteiger partial charge in [-0.15, -0.1) is 0 Å². The highest BCUT2D eigenvalue weighted by Crippen LogP contribution is 2.24. The number of amides is 2. The van der Waals surface area contributed by atoms with Crippen LogP contribution in [0.2, 0.25) is 0 Å². The maximum Gasteiger partial charge on any atom is 0.342 e. The minimum absolute atomic E-state index is 0.101. The molecule has 5 nitrogen and oxygen atoms in total. The molecule has 0 bridgehead atoms. The Hall–Kier alpha value is -2.37. The van der Waals surface area contributed by atoms with Gasteiger partial charge in [0, 0.05) is 6.54 Å². The molecule has 2 atom stereocenters. The molecule has 1 unspecified atom stereocenters. The fraction of sp³-hybridized carbons (Fsp3) is 0.316. The maximum atomic E-state index is 12.6. The number of morpholine rings is 1. The number of nitrogens with zero attached hydrogens (tertiary/aromatic N) is 1. The van der Waals surface area contributed by atoms with Gasteiger partial charge in [-0.25, -0.2) is 10.3 Å². The second-order valence-electron chi connectivity index (χ2n) is 5.77. The summed E-state index contributed by atoms with van der Waals surface area (Å²) in [7, 11) is 0. The number of nitrogens with one attached hydrogen (secondary N) is 1. The van der Waals surface area contributed by atoms with Crippen LogP contribution in [0.3, 0.4) is 0 Å². The van der Waals surface area contributed by atoms with Crippen LogP contribution in [0.1, 0.15) is 30.2 Å². The lowest BCUT2D eigenvalue weighted by molar-refractivity contribution is -0.0298. The van der Waals surface area contributed by atoms with E-state index in [2.05, 4.69) is 5.48 Å². The zero-order valence-electron chi connectivity index (χ0n) is 13.7. The first-order valence-corrected chi connectivity index (χ1v) is 8.15. The summed E-state index contributed by atoms with van der Waals surface area (Å²) >= 11 is 0. The van der Waals surface area contributed by atoms with Crippen LogP contribution in [0.15, 0.2) is 60.7 Å². The van der Waals surface area contributed by atoms with Gasteiger partial charge in [0.25, 0.3) is 0 Å². The zero-order chi connectivity index (χ0) is 16.8. The molecule has 126 valence electrons. The number of hydrogen-bond acceptors (Lipinski definition) is 3. The molecule has 24 heavy (non-hydrogen) atoms. The standard InChI is InChI=1S/C19H22N2O3/c1-15(16-8-4-2-5-9-16)24-20-19(22)21-12-13-23-14-18(21)17-10-6-3-7-11-17/h2-11,15,18H,12-14H2,1H3,(H,20,22)/t15-,18?/m1/s1. The van der Waals surface area contributed by atoms with Crippen molar-refractivity contribution in [2.45, 2.75) is 19.1 Å². The summed E-state index contributed by atoms with van der Waals surface area (Å²) in [6, 6.07) is 19.4. The van der Waals surface area contributed by atoms with Gasteiger partial charge in [0.05, 0.1) is 19.3 Å². The number of urea groups is 1. The van der Waals surface area contributed by atoms with Crippen molar-refractivity contribution in [3.8, 4) is 0 Å². The van der Waals surface area contributed by atoms with E-state index in [1.807, 2.05) is 67.6 Å². The smallest absolute Gasteiger partial charge is 0.342 e. The Morgan fingerprint density at radius 3 is 2.54 bits per heavy atom. The fourth-order valence-electron chi connectivity index (χ4n) is 2.79. The van der Waals surface area contributed by atoms with Crippen LogP contribution in [-0.4, -0.2) is 30.7 Å². The number of rotatable bonds is 4. The van der Waals surface area contributed by atoms with E-state index in [1.54, 1.807) is 4.90 Å². The first kappa shape index (κ1) is 16.5. The lowest BCUT2D eigenvalue weighted by atomic mass is 10.1. The molecule has 0 saturated carbocycles. The highest BCUT2D eigenvalue weighted by molar-refractivity contribution is 5.73. The third-order valence-corrected chi connectivity index (χ3v) is 4.17. The highest BCUT2D eigenvalue weighted by atomic mass is 16.7. The van der Waals surface area contributed by atoms with Crippen LogP contribution in [0.4, 0.5) is 4.79 Å². The van der Waals surface area contributed by atoms with Gasteiger partial charge >= 0.3 is 6.03 Å². The van der Waals surface area contributed by atoms with E-state index in [0.29, 0.717) is 19.8 Å². The van der Waals surface area contributed by atoms with E-state index in [1.165, 1.54) is 0 Å². The van der Waals surface area contributed by atoms with Gasteiger partial charge in [-0.3, -0.25) is 4.84 Å². The molecule has 1 aliphatic heterocycles. The topological polar surface area (TPSA) is 50.8 Å². The number of carbonyl (C=O) groups excluding carboxylic acids is 1. The summed E-state index contributed by atoms with van der Waals surface area (Å²) in [4.78, 5) is 19.9. The molecule has 2 aromatic carbocycles. The summed E-state index contributed by atoms with van der Waals surface area (Å²) in [5.74, 6) is 0. The Labute approximate surface area is 142 Å². The van der Waals surface area contributed by atoms with Crippen molar-refractivity contribution in [1.29, 1.82) is 0 Å². The number of carbonyl (C=O) groups is 1. The van der Waals surface area contributed by atoms with Crippen LogP contribution < -0.4 is 5.48 Å². The molecule has 1 fully saturated rings. The first-order chi connectivity index (χ1) is 11.8. The average molecular weight is 326 g/mol. The Kier molecular flexibility index (Phi) is 5.46. The minimum atomic E-state index is -0.241. The van der Waals surface area contributed by atoms with Crippen LogP contribution in [0.25, 0.3) is 0 Å². The van der Waals surface area contributed by atoms with Gasteiger partial charge in [0.2, 0.25) is 0 Å². The molecule has 3 rings (SSSR count). The predicted octanol–water partition coefficient (Wildman–Crippen LogP) is 3.46. The van der Waals surface area contributed by atoms with Crippen LogP contribution >= 0.6 is 0 Å². The van der Waals surface area contributed by atoms with Gasteiger partial charge in [-0.05, 0) is 18.1 Å². The van der Waals surface area contributed by atoms with Gasteiger partial charge in [0.1, 0.15) is 6.10 Å². The minimum Gasteiger partial charge on any atom is -0.377 e. The maximum absolute atomic E-state index is 12.6. The monoisotopic (exact) mass is 326 g/mol. The van der Waals surface area contributed by atoms with Crippen molar-refractivity contribution in [2.75, 3.05) is 19.8 Å². The molecule has 5 heteroatoms. The normalized spacial score (nSPS) is 18.9. The van der Waals surface area contributed by atoms with Gasteiger partial charge in [-0.2, -0.15) is 0 Å². The lowest BCUT2D eigenvalue weighted by Gasteiger charge is -2.35. The predicted molar refractivity (Wildman–Crippen MR) is 91.2 cm³/mol. The summed E-state index contributed by atoms with van der Waals surface area (Å²) in [5, 5.41) is 0. The zero-order valence-corrected chi connectivity index (χ0v) is 13.7. The summed E-state index contributed by atoms with van der Waals surface area (Å²) in [5.41, 5.74) is 4.65. The van der Waals surface area contributed by atoms with Crippen molar-refractivity contribution in [1.82, 2.24) is 10.4 Å². The van der Waals surface area contributed by atoms with Crippen molar-refractivity contribution in [3.05, 3.63) is 71.8 Å². The Morgan fingerprint density at radius 2 is 1.83 bits per heavy atom. The molecule has 2 amide bonds. The molecule has 1 N–H and O–H groups in total. The molecular weight excluding hydrogens is 304 g/mol. The first-order valence-electron chi connectivity index (χ1n) is 8.15. The van der Waals surface area contributed by atoms with E-state index >= 15 is 0 Å². The van der Waals surface area contributed by atoms with E-state index < -0.39 is 0 Å². The van der Waals surface area contributed by atoms with E-state index in [9.17, 15) is 4.79 Å². The third-order valence-electron chi connectivity index (χ3n) is 4.17. The van der Waals surface area contributed by atoms with Gasteiger partial charge < -0.3 is 9.64 Å². The summed E-state index contributed by atoms with van der Waals surface area (Å²) < 4.78 is 5.55. The molecule has 0 aromatic heterocycles. The lowest BCUT2D eigenvalue weighted by Crippen LogP contribution is -2.48. The molecule has 0 radical (unpaired) electrons. The number of hydroxylamine groups is 1. The quantitative estimate of drug-likeness (QED) is 0.876. The third kappa shape index (κ3) is 3.93. The Balaban J connectivity index is 1.62. The van der Waals surface area contributed by atoms with E-state index in [-0.39, 0.29) is 18.2 Å². The van der Waals surface area contributed by atoms with Crippen LogP contribution in [0, 0.1) is 0 Å². The molecule has 0 spiro atoms. The van der Waals surface area contributed by atoms with Gasteiger partial charge in [0.15, 0.2) is 0 Å². The Morgan fingerprint density at radius 1 is 1.17 bits per heavy atom. The highest BCUT2D eigenvalue weighted by Gasteiger charge is 2.29.